The molecule has 0 saturated heterocycles. The topological polar surface area (TPSA) is 42.1 Å². The Morgan fingerprint density at radius 3 is 1.00 bits per heavy atom. The number of para-hydroxylation sites is 4. The van der Waals surface area contributed by atoms with E-state index in [1.165, 1.54) is 20.2 Å². The average molecular weight is 757 g/mol. The first-order valence-electron chi connectivity index (χ1n) is 18.5. The number of rotatable bonds is 8. The molecule has 0 amide bonds. The smallest absolute Gasteiger partial charge is 0.103 e. The molecule has 0 N–H and O–H groups in total. The Labute approximate surface area is 331 Å². The number of aromatic nitrogens is 4. The Hall–Kier alpha value is -7.00. The van der Waals surface area contributed by atoms with Crippen molar-refractivity contribution >= 4 is 97.7 Å². The normalized spacial score (nSPS) is 11.6. The van der Waals surface area contributed by atoms with Gasteiger partial charge in [-0.1, -0.05) is 72.8 Å². The molecule has 6 heterocycles. The molecule has 0 aliphatic heterocycles. The number of thiophene rings is 2. The number of hydrogen-bond donors (Lipinski definition) is 0. The first-order chi connectivity index (χ1) is 27.8. The minimum absolute atomic E-state index is 1.07. The van der Waals surface area contributed by atoms with Crippen molar-refractivity contribution in [1.82, 2.24) is 19.1 Å². The van der Waals surface area contributed by atoms with E-state index in [2.05, 4.69) is 199 Å². The van der Waals surface area contributed by atoms with Crippen molar-refractivity contribution in [3.8, 4) is 11.4 Å². The summed E-state index contributed by atoms with van der Waals surface area (Å²) in [7, 11) is 0. The van der Waals surface area contributed by atoms with Crippen LogP contribution in [0.15, 0.2) is 195 Å². The van der Waals surface area contributed by atoms with Crippen LogP contribution in [0.3, 0.4) is 0 Å². The summed E-state index contributed by atoms with van der Waals surface area (Å²) in [5.74, 6) is 0. The van der Waals surface area contributed by atoms with Crippen molar-refractivity contribution in [2.75, 3.05) is 9.80 Å². The monoisotopic (exact) mass is 756 g/mol. The van der Waals surface area contributed by atoms with Gasteiger partial charge in [0.2, 0.25) is 0 Å². The molecule has 6 nitrogen and oxygen atoms in total. The molecular formula is C48H32N6S2. The van der Waals surface area contributed by atoms with Crippen LogP contribution < -0.4 is 9.80 Å². The summed E-state index contributed by atoms with van der Waals surface area (Å²) in [6.45, 7) is 0. The minimum atomic E-state index is 1.07. The minimum Gasteiger partial charge on any atom is -0.308 e. The molecule has 0 fully saturated rings. The highest BCUT2D eigenvalue weighted by molar-refractivity contribution is 7.24. The van der Waals surface area contributed by atoms with Crippen LogP contribution in [-0.2, 0) is 0 Å². The molecule has 5 aromatic carbocycles. The van der Waals surface area contributed by atoms with Crippen molar-refractivity contribution in [2.45, 2.75) is 0 Å². The van der Waals surface area contributed by atoms with Gasteiger partial charge in [-0.05, 0) is 97.1 Å². The van der Waals surface area contributed by atoms with Crippen molar-refractivity contribution in [3.63, 3.8) is 0 Å². The standard InChI is InChI=1S/C48H32N6S2/c1-5-13-33(14-6-1)51(34-15-7-2-8-16-34)45-31-43-47(55-45)39-29-42-40(30-41(39)53(43)37-21-25-49-26-22-37)48-44(54(42)38-23-27-50-28-24-38)32-46(56-48)52(35-17-9-3-10-18-35)36-19-11-4-12-20-36/h1-32H. The Morgan fingerprint density at radius 1 is 0.357 bits per heavy atom. The van der Waals surface area contributed by atoms with Crippen LogP contribution in [-0.4, -0.2) is 19.1 Å². The molecule has 0 spiro atoms. The summed E-state index contributed by atoms with van der Waals surface area (Å²) in [4.78, 5) is 13.5. The third kappa shape index (κ3) is 5.30. The summed E-state index contributed by atoms with van der Waals surface area (Å²) in [5.41, 5.74) is 11.3. The SMILES string of the molecule is c1ccc(N(c2ccccc2)c2cc3c(s2)c2cc4c(cc2n3-c2ccncc2)c2sc(N(c3ccccc3)c3ccccc3)cc2n4-c2ccncc2)cc1. The largest absolute Gasteiger partial charge is 0.308 e. The first kappa shape index (κ1) is 32.4. The summed E-state index contributed by atoms with van der Waals surface area (Å²) in [6.07, 6.45) is 7.52. The van der Waals surface area contributed by atoms with Gasteiger partial charge in [0.15, 0.2) is 0 Å². The highest BCUT2D eigenvalue weighted by Gasteiger charge is 2.25. The van der Waals surface area contributed by atoms with Crippen molar-refractivity contribution < 1.29 is 0 Å². The molecule has 56 heavy (non-hydrogen) atoms. The fraction of sp³-hybridized carbons (Fsp3) is 0. The second-order valence-electron chi connectivity index (χ2n) is 13.6. The lowest BCUT2D eigenvalue weighted by molar-refractivity contribution is 1.15. The maximum atomic E-state index is 4.39. The molecule has 266 valence electrons. The molecule has 8 heteroatoms. The number of fused-ring (bicyclic) bond motifs is 6. The molecule has 0 saturated carbocycles. The van der Waals surface area contributed by atoms with Crippen molar-refractivity contribution in [1.29, 1.82) is 0 Å². The van der Waals surface area contributed by atoms with E-state index in [4.69, 9.17) is 0 Å². The molecule has 0 aliphatic carbocycles. The molecular weight excluding hydrogens is 725 g/mol. The summed E-state index contributed by atoms with van der Waals surface area (Å²) < 4.78 is 7.28. The molecule has 0 atom stereocenters. The zero-order valence-corrected chi connectivity index (χ0v) is 31.6. The Balaban J connectivity index is 1.20. The van der Waals surface area contributed by atoms with Gasteiger partial charge in [0, 0.05) is 69.7 Å². The van der Waals surface area contributed by atoms with Crippen molar-refractivity contribution in [3.05, 3.63) is 195 Å². The quantitative estimate of drug-likeness (QED) is 0.155. The van der Waals surface area contributed by atoms with Crippen molar-refractivity contribution in [2.24, 2.45) is 0 Å². The van der Waals surface area contributed by atoms with Gasteiger partial charge in [0.25, 0.3) is 0 Å². The van der Waals surface area contributed by atoms with Gasteiger partial charge in [0.1, 0.15) is 10.0 Å². The highest BCUT2D eigenvalue weighted by atomic mass is 32.1. The van der Waals surface area contributed by atoms with E-state index in [1.54, 1.807) is 0 Å². The van der Waals surface area contributed by atoms with Crippen LogP contribution in [0.1, 0.15) is 0 Å². The lowest BCUT2D eigenvalue weighted by Gasteiger charge is -2.23. The van der Waals surface area contributed by atoms with Gasteiger partial charge < -0.3 is 18.9 Å². The van der Waals surface area contributed by atoms with Crippen LogP contribution >= 0.6 is 22.7 Å². The van der Waals surface area contributed by atoms with Gasteiger partial charge >= 0.3 is 0 Å². The van der Waals surface area contributed by atoms with Crippen LogP contribution in [0.25, 0.3) is 53.6 Å². The lowest BCUT2D eigenvalue weighted by Crippen LogP contribution is -2.08. The predicted molar refractivity (Wildman–Crippen MR) is 236 cm³/mol. The highest BCUT2D eigenvalue weighted by Crippen LogP contribution is 2.50. The maximum Gasteiger partial charge on any atom is 0.103 e. The molecule has 6 aromatic heterocycles. The summed E-state index contributed by atoms with van der Waals surface area (Å²) in [5, 5.41) is 4.71. The second-order valence-corrected chi connectivity index (χ2v) is 15.6. The van der Waals surface area contributed by atoms with Crippen LogP contribution in [0.2, 0.25) is 0 Å². The van der Waals surface area contributed by atoms with Crippen LogP contribution in [0.5, 0.6) is 0 Å². The van der Waals surface area contributed by atoms with Crippen LogP contribution in [0, 0.1) is 0 Å². The van der Waals surface area contributed by atoms with E-state index in [1.807, 2.05) is 47.5 Å². The maximum absolute atomic E-state index is 4.39. The predicted octanol–water partition coefficient (Wildman–Crippen LogP) is 13.7. The van der Waals surface area contributed by atoms with E-state index in [9.17, 15) is 0 Å². The van der Waals surface area contributed by atoms with Gasteiger partial charge in [-0.2, -0.15) is 0 Å². The number of nitrogens with zero attached hydrogens (tertiary/aromatic N) is 6. The molecule has 0 bridgehead atoms. The number of pyridine rings is 2. The van der Waals surface area contributed by atoms with Gasteiger partial charge in [-0.15, -0.1) is 22.7 Å². The lowest BCUT2D eigenvalue weighted by atomic mass is 10.2. The van der Waals surface area contributed by atoms with Gasteiger partial charge in [-0.25, -0.2) is 0 Å². The zero-order valence-electron chi connectivity index (χ0n) is 30.0. The van der Waals surface area contributed by atoms with Gasteiger partial charge in [0.05, 0.1) is 31.5 Å². The third-order valence-corrected chi connectivity index (χ3v) is 12.6. The zero-order chi connectivity index (χ0) is 37.0. The first-order valence-corrected chi connectivity index (χ1v) is 20.1. The number of benzene rings is 5. The van der Waals surface area contributed by atoms with E-state index < -0.39 is 0 Å². The van der Waals surface area contributed by atoms with E-state index in [-0.39, 0.29) is 0 Å². The fourth-order valence-corrected chi connectivity index (χ4v) is 10.3. The molecule has 0 radical (unpaired) electrons. The van der Waals surface area contributed by atoms with E-state index >= 15 is 0 Å². The second kappa shape index (κ2) is 13.4. The Kier molecular flexibility index (Phi) is 7.75. The number of hydrogen-bond acceptors (Lipinski definition) is 6. The van der Waals surface area contributed by atoms with Crippen LogP contribution in [0.4, 0.5) is 32.8 Å². The Morgan fingerprint density at radius 2 is 0.679 bits per heavy atom. The molecule has 11 aromatic rings. The molecule has 11 rings (SSSR count). The third-order valence-electron chi connectivity index (χ3n) is 10.3. The molecule has 0 aliphatic rings. The average Bonchev–Trinajstić information content (AvgIpc) is 4.02. The number of anilines is 6. The van der Waals surface area contributed by atoms with Gasteiger partial charge in [-0.3, -0.25) is 9.97 Å². The molecule has 0 unspecified atom stereocenters. The van der Waals surface area contributed by atoms with E-state index in [0.717, 1.165) is 66.2 Å². The van der Waals surface area contributed by atoms with E-state index in [0.29, 0.717) is 0 Å². The summed E-state index contributed by atoms with van der Waals surface area (Å²) in [6, 6.07) is 60.4. The summed E-state index contributed by atoms with van der Waals surface area (Å²) >= 11 is 3.65. The fourth-order valence-electron chi connectivity index (χ4n) is 7.90. The Bertz CT molecular complexity index is 2830.